The molecule has 4 rings (SSSR count). The molecule has 0 unspecified atom stereocenters. The van der Waals surface area contributed by atoms with Crippen LogP contribution in [0.25, 0.3) is 11.3 Å². The summed E-state index contributed by atoms with van der Waals surface area (Å²) >= 11 is 0. The highest BCUT2D eigenvalue weighted by Gasteiger charge is 2.43. The molecule has 1 aliphatic carbocycles. The summed E-state index contributed by atoms with van der Waals surface area (Å²) in [6.07, 6.45) is 10.6. The molecular weight excluding hydrogens is 296 g/mol. The van der Waals surface area contributed by atoms with Gasteiger partial charge in [0.1, 0.15) is 17.0 Å². The van der Waals surface area contributed by atoms with Crippen LogP contribution in [0.5, 0.6) is 5.75 Å². The molecule has 3 heterocycles. The Kier molecular flexibility index (Phi) is 3.63. The first-order valence-corrected chi connectivity index (χ1v) is 9.06. The third kappa shape index (κ3) is 2.92. The molecule has 0 atom stereocenters. The number of aromatic nitrogens is 2. The van der Waals surface area contributed by atoms with Gasteiger partial charge in [0.05, 0.1) is 0 Å². The lowest BCUT2D eigenvalue weighted by molar-refractivity contribution is -0.0247. The van der Waals surface area contributed by atoms with Crippen molar-refractivity contribution in [3.63, 3.8) is 0 Å². The molecule has 2 aromatic heterocycles. The van der Waals surface area contributed by atoms with Gasteiger partial charge in [0.25, 0.3) is 0 Å². The van der Waals surface area contributed by atoms with Gasteiger partial charge in [0, 0.05) is 23.7 Å². The van der Waals surface area contributed by atoms with Crippen molar-refractivity contribution in [1.82, 2.24) is 9.97 Å². The van der Waals surface area contributed by atoms with E-state index in [0.717, 1.165) is 36.3 Å². The third-order valence-electron chi connectivity index (χ3n) is 5.20. The van der Waals surface area contributed by atoms with Crippen molar-refractivity contribution in [3.8, 4) is 17.0 Å². The average molecular weight is 322 g/mol. The van der Waals surface area contributed by atoms with Crippen molar-refractivity contribution >= 4 is 0 Å². The fraction of sp³-hybridized carbons (Fsp3) is 0.524. The molecule has 0 saturated heterocycles. The fourth-order valence-electron chi connectivity index (χ4n) is 3.84. The molecule has 2 aliphatic rings. The van der Waals surface area contributed by atoms with E-state index in [9.17, 15) is 0 Å². The van der Waals surface area contributed by atoms with Crippen molar-refractivity contribution in [3.05, 3.63) is 41.9 Å². The van der Waals surface area contributed by atoms with Crippen molar-refractivity contribution in [2.24, 2.45) is 5.41 Å². The summed E-state index contributed by atoms with van der Waals surface area (Å²) in [5.74, 6) is 1.02. The molecule has 0 bridgehead atoms. The average Bonchev–Trinajstić information content (AvgIpc) is 2.51. The SMILES string of the molecule is CC(C)(C)Cc1cc2c(c(-c3ccncc3)n1)OC1(CCC1)CC2. The van der Waals surface area contributed by atoms with Crippen LogP contribution in [-0.2, 0) is 12.8 Å². The molecule has 1 saturated carbocycles. The minimum atomic E-state index is 0.0853. The van der Waals surface area contributed by atoms with Crippen molar-refractivity contribution in [2.45, 2.75) is 64.9 Å². The van der Waals surface area contributed by atoms with E-state index in [0.29, 0.717) is 0 Å². The van der Waals surface area contributed by atoms with Gasteiger partial charge in [-0.1, -0.05) is 20.8 Å². The van der Waals surface area contributed by atoms with Gasteiger partial charge >= 0.3 is 0 Å². The van der Waals surface area contributed by atoms with E-state index in [-0.39, 0.29) is 11.0 Å². The number of rotatable bonds is 2. The lowest BCUT2D eigenvalue weighted by Crippen LogP contribution is -2.46. The van der Waals surface area contributed by atoms with Crippen LogP contribution in [-0.4, -0.2) is 15.6 Å². The summed E-state index contributed by atoms with van der Waals surface area (Å²) in [7, 11) is 0. The van der Waals surface area contributed by atoms with E-state index in [4.69, 9.17) is 9.72 Å². The highest BCUT2D eigenvalue weighted by molar-refractivity contribution is 5.68. The van der Waals surface area contributed by atoms with Gasteiger partial charge in [-0.05, 0) is 67.7 Å². The van der Waals surface area contributed by atoms with Gasteiger partial charge in [-0.15, -0.1) is 0 Å². The molecule has 24 heavy (non-hydrogen) atoms. The van der Waals surface area contributed by atoms with E-state index < -0.39 is 0 Å². The smallest absolute Gasteiger partial charge is 0.149 e. The molecule has 0 N–H and O–H groups in total. The number of aryl methyl sites for hydroxylation is 1. The first-order chi connectivity index (χ1) is 11.4. The largest absolute Gasteiger partial charge is 0.485 e. The molecule has 126 valence electrons. The molecule has 0 aromatic carbocycles. The van der Waals surface area contributed by atoms with Gasteiger partial charge in [-0.2, -0.15) is 0 Å². The Hall–Kier alpha value is -1.90. The summed E-state index contributed by atoms with van der Waals surface area (Å²) in [5.41, 5.74) is 4.91. The standard InChI is InChI=1S/C21H26N2O/c1-20(2,3)14-17-13-16-5-10-21(8-4-9-21)24-19(16)18(23-17)15-6-11-22-12-7-15/h6-7,11-13H,4-5,8-10,14H2,1-3H3. The Balaban J connectivity index is 1.81. The second-order valence-corrected chi connectivity index (χ2v) is 8.56. The van der Waals surface area contributed by atoms with Gasteiger partial charge < -0.3 is 4.74 Å². The zero-order valence-electron chi connectivity index (χ0n) is 14.9. The molecular formula is C21H26N2O. The number of fused-ring (bicyclic) bond motifs is 1. The quantitative estimate of drug-likeness (QED) is 0.782. The number of hydrogen-bond donors (Lipinski definition) is 0. The van der Waals surface area contributed by atoms with Gasteiger partial charge in [-0.25, -0.2) is 4.98 Å². The molecule has 2 aromatic rings. The van der Waals surface area contributed by atoms with Crippen LogP contribution in [0.15, 0.2) is 30.6 Å². The first-order valence-electron chi connectivity index (χ1n) is 9.06. The molecule has 3 heteroatoms. The number of hydrogen-bond acceptors (Lipinski definition) is 3. The lowest BCUT2D eigenvalue weighted by Gasteiger charge is -2.45. The zero-order valence-corrected chi connectivity index (χ0v) is 14.9. The first kappa shape index (κ1) is 15.6. The molecule has 0 amide bonds. The molecule has 3 nitrogen and oxygen atoms in total. The van der Waals surface area contributed by atoms with Crippen LogP contribution in [0.1, 0.15) is 57.7 Å². The topological polar surface area (TPSA) is 35.0 Å². The Morgan fingerprint density at radius 1 is 1.12 bits per heavy atom. The van der Waals surface area contributed by atoms with Gasteiger partial charge in [0.15, 0.2) is 0 Å². The second kappa shape index (κ2) is 5.58. The summed E-state index contributed by atoms with van der Waals surface area (Å²) in [6.45, 7) is 6.79. The van der Waals surface area contributed by atoms with E-state index in [1.165, 1.54) is 30.5 Å². The van der Waals surface area contributed by atoms with Crippen molar-refractivity contribution in [2.75, 3.05) is 0 Å². The zero-order chi connectivity index (χ0) is 16.8. The van der Waals surface area contributed by atoms with E-state index >= 15 is 0 Å². The maximum atomic E-state index is 6.54. The maximum absolute atomic E-state index is 6.54. The fourth-order valence-corrected chi connectivity index (χ4v) is 3.84. The number of pyridine rings is 2. The molecule has 1 spiro atoms. The van der Waals surface area contributed by atoms with Crippen molar-refractivity contribution in [1.29, 1.82) is 0 Å². The highest BCUT2D eigenvalue weighted by Crippen LogP contribution is 2.48. The van der Waals surface area contributed by atoms with Gasteiger partial charge in [0.2, 0.25) is 0 Å². The summed E-state index contributed by atoms with van der Waals surface area (Å²) in [4.78, 5) is 9.16. The second-order valence-electron chi connectivity index (χ2n) is 8.56. The highest BCUT2D eigenvalue weighted by atomic mass is 16.5. The van der Waals surface area contributed by atoms with Crippen LogP contribution < -0.4 is 4.74 Å². The molecule has 1 aliphatic heterocycles. The van der Waals surface area contributed by atoms with Crippen molar-refractivity contribution < 1.29 is 4.74 Å². The van der Waals surface area contributed by atoms with E-state index in [2.05, 4.69) is 31.8 Å². The summed E-state index contributed by atoms with van der Waals surface area (Å²) in [6, 6.07) is 6.35. The molecule has 1 fully saturated rings. The Morgan fingerprint density at radius 2 is 1.88 bits per heavy atom. The Morgan fingerprint density at radius 3 is 2.50 bits per heavy atom. The summed E-state index contributed by atoms with van der Waals surface area (Å²) in [5, 5.41) is 0. The predicted molar refractivity (Wildman–Crippen MR) is 96.2 cm³/mol. The predicted octanol–water partition coefficient (Wildman–Crippen LogP) is 4.98. The van der Waals surface area contributed by atoms with Crippen LogP contribution >= 0.6 is 0 Å². The van der Waals surface area contributed by atoms with Gasteiger partial charge in [-0.3, -0.25) is 4.98 Å². The Bertz CT molecular complexity index is 742. The minimum Gasteiger partial charge on any atom is -0.485 e. The van der Waals surface area contributed by atoms with Crippen LogP contribution in [0.4, 0.5) is 0 Å². The molecule has 0 radical (unpaired) electrons. The van der Waals surface area contributed by atoms with Crippen LogP contribution in [0, 0.1) is 5.41 Å². The third-order valence-corrected chi connectivity index (χ3v) is 5.20. The monoisotopic (exact) mass is 322 g/mol. The van der Waals surface area contributed by atoms with E-state index in [1.54, 1.807) is 0 Å². The normalized spacial score (nSPS) is 18.6. The Labute approximate surface area is 144 Å². The van der Waals surface area contributed by atoms with Crippen LogP contribution in [0.3, 0.4) is 0 Å². The lowest BCUT2D eigenvalue weighted by atomic mass is 9.74. The minimum absolute atomic E-state index is 0.0853. The summed E-state index contributed by atoms with van der Waals surface area (Å²) < 4.78 is 6.54. The number of ether oxygens (including phenoxy) is 1. The number of nitrogens with zero attached hydrogens (tertiary/aromatic N) is 2. The van der Waals surface area contributed by atoms with Crippen LogP contribution in [0.2, 0.25) is 0 Å². The van der Waals surface area contributed by atoms with E-state index in [1.807, 2.05) is 24.5 Å². The maximum Gasteiger partial charge on any atom is 0.149 e.